The molecule has 1 N–H and O–H groups in total. The third kappa shape index (κ3) is 4.66. The molecule has 3 heteroatoms. The molecule has 266 valence electrons. The van der Waals surface area contributed by atoms with Crippen molar-refractivity contribution in [2.45, 2.75) is 11.6 Å². The highest BCUT2D eigenvalue weighted by Crippen LogP contribution is 2.62. The molecule has 9 aromatic rings. The van der Waals surface area contributed by atoms with Gasteiger partial charge in [0.15, 0.2) is 6.17 Å². The van der Waals surface area contributed by atoms with Crippen molar-refractivity contribution < 1.29 is 0 Å². The lowest BCUT2D eigenvalue weighted by molar-refractivity contribution is 0.756. The Morgan fingerprint density at radius 3 is 1.49 bits per heavy atom. The number of nitrogens with zero attached hydrogens (tertiary/aromatic N) is 2. The summed E-state index contributed by atoms with van der Waals surface area (Å²) in [5.41, 5.74) is 15.0. The molecule has 1 heterocycles. The first-order chi connectivity index (χ1) is 28.3. The zero-order valence-corrected chi connectivity index (χ0v) is 31.0. The van der Waals surface area contributed by atoms with Gasteiger partial charge >= 0.3 is 0 Å². The smallest absolute Gasteiger partial charge is 0.169 e. The van der Waals surface area contributed by atoms with Gasteiger partial charge in [0.1, 0.15) is 11.7 Å². The van der Waals surface area contributed by atoms with E-state index >= 15 is 0 Å². The second kappa shape index (κ2) is 12.3. The summed E-state index contributed by atoms with van der Waals surface area (Å²) in [6.07, 6.45) is -0.484. The maximum Gasteiger partial charge on any atom is 0.169 e. The Kier molecular flexibility index (Phi) is 6.91. The molecule has 1 atom stereocenters. The molecule has 1 spiro atoms. The predicted octanol–water partition coefficient (Wildman–Crippen LogP) is 12.5. The van der Waals surface area contributed by atoms with E-state index in [1.54, 1.807) is 0 Å². The molecule has 0 amide bonds. The fraction of sp³-hybridized carbons (Fsp3) is 0.0370. The third-order valence-corrected chi connectivity index (χ3v) is 12.3. The number of amidine groups is 2. The second-order valence-electron chi connectivity index (χ2n) is 15.3. The Morgan fingerprint density at radius 1 is 0.368 bits per heavy atom. The molecular formula is C54H35N3. The molecule has 0 bridgehead atoms. The van der Waals surface area contributed by atoms with Crippen molar-refractivity contribution in [3.05, 3.63) is 239 Å². The van der Waals surface area contributed by atoms with Gasteiger partial charge in [0.25, 0.3) is 0 Å². The van der Waals surface area contributed by atoms with Crippen LogP contribution in [0.4, 0.5) is 0 Å². The van der Waals surface area contributed by atoms with Crippen molar-refractivity contribution in [2.24, 2.45) is 9.98 Å². The summed E-state index contributed by atoms with van der Waals surface area (Å²) in [5, 5.41) is 9.06. The van der Waals surface area contributed by atoms with Crippen LogP contribution < -0.4 is 5.32 Å². The Balaban J connectivity index is 1.10. The van der Waals surface area contributed by atoms with E-state index in [0.717, 1.165) is 50.6 Å². The summed E-state index contributed by atoms with van der Waals surface area (Å²) in [7, 11) is 0. The summed E-state index contributed by atoms with van der Waals surface area (Å²) in [5.74, 6) is 1.62. The first kappa shape index (κ1) is 31.9. The minimum Gasteiger partial charge on any atom is -0.324 e. The average Bonchev–Trinajstić information content (AvgIpc) is 3.77. The van der Waals surface area contributed by atoms with Gasteiger partial charge in [-0.1, -0.05) is 182 Å². The van der Waals surface area contributed by atoms with Gasteiger partial charge in [0.2, 0.25) is 0 Å². The monoisotopic (exact) mass is 725 g/mol. The molecule has 3 nitrogen and oxygen atoms in total. The SMILES string of the molecule is c1ccc(C2=NC(c3cc(-c4ccccc4)cc(-c4ccccc4)c3)N=C(c3cccc4c3-c3ccccc3C43c4cccc5ccc6cccc3c6c45)N2)cc1. The third-order valence-electron chi connectivity index (χ3n) is 12.3. The minimum absolute atomic E-state index is 0.454. The summed E-state index contributed by atoms with van der Waals surface area (Å²) in [6.45, 7) is 0. The van der Waals surface area contributed by atoms with Crippen molar-refractivity contribution in [1.29, 1.82) is 0 Å². The molecule has 57 heavy (non-hydrogen) atoms. The van der Waals surface area contributed by atoms with Gasteiger partial charge in [-0.15, -0.1) is 0 Å². The molecule has 0 radical (unpaired) electrons. The topological polar surface area (TPSA) is 36.8 Å². The second-order valence-corrected chi connectivity index (χ2v) is 15.3. The van der Waals surface area contributed by atoms with Crippen molar-refractivity contribution in [3.63, 3.8) is 0 Å². The van der Waals surface area contributed by atoms with Crippen molar-refractivity contribution in [2.75, 3.05) is 0 Å². The van der Waals surface area contributed by atoms with E-state index in [4.69, 9.17) is 9.98 Å². The fourth-order valence-electron chi connectivity index (χ4n) is 9.91. The van der Waals surface area contributed by atoms with E-state index in [2.05, 4.69) is 206 Å². The number of hydrogen-bond donors (Lipinski definition) is 1. The van der Waals surface area contributed by atoms with Crippen LogP contribution in [-0.2, 0) is 5.41 Å². The van der Waals surface area contributed by atoms with Gasteiger partial charge in [0, 0.05) is 11.1 Å². The molecule has 0 fully saturated rings. The van der Waals surface area contributed by atoms with E-state index < -0.39 is 11.6 Å². The maximum atomic E-state index is 5.57. The molecule has 2 aliphatic carbocycles. The van der Waals surface area contributed by atoms with Crippen LogP contribution in [0.15, 0.2) is 210 Å². The lowest BCUT2D eigenvalue weighted by Crippen LogP contribution is -2.36. The Hall–Kier alpha value is -7.36. The van der Waals surface area contributed by atoms with Crippen molar-refractivity contribution >= 4 is 33.2 Å². The van der Waals surface area contributed by atoms with E-state index in [1.165, 1.54) is 54.9 Å². The Morgan fingerprint density at radius 2 is 0.860 bits per heavy atom. The van der Waals surface area contributed by atoms with E-state index in [0.29, 0.717) is 0 Å². The van der Waals surface area contributed by atoms with Crippen LogP contribution in [0.25, 0.3) is 54.9 Å². The van der Waals surface area contributed by atoms with Gasteiger partial charge in [0.05, 0.1) is 5.41 Å². The van der Waals surface area contributed by atoms with Gasteiger partial charge in [-0.05, 0) is 101 Å². The van der Waals surface area contributed by atoms with E-state index in [1.807, 2.05) is 0 Å². The van der Waals surface area contributed by atoms with Crippen LogP contribution in [0.2, 0.25) is 0 Å². The number of benzene rings is 9. The highest BCUT2D eigenvalue weighted by atomic mass is 15.2. The first-order valence-corrected chi connectivity index (χ1v) is 19.7. The zero-order chi connectivity index (χ0) is 37.5. The van der Waals surface area contributed by atoms with Gasteiger partial charge in [-0.3, -0.25) is 0 Å². The van der Waals surface area contributed by atoms with Crippen LogP contribution >= 0.6 is 0 Å². The van der Waals surface area contributed by atoms with E-state index in [-0.39, 0.29) is 0 Å². The largest absolute Gasteiger partial charge is 0.324 e. The normalized spacial score (nSPS) is 15.7. The molecule has 9 aromatic carbocycles. The number of aliphatic imine (C=N–C) groups is 2. The summed E-state index contributed by atoms with van der Waals surface area (Å²) in [6, 6.07) is 72.6. The van der Waals surface area contributed by atoms with Crippen LogP contribution in [0, 0.1) is 0 Å². The van der Waals surface area contributed by atoms with Gasteiger partial charge in [-0.2, -0.15) is 0 Å². The standard InChI is InChI=1S/C54H35N3/c1-4-15-34(16-5-1)39-31-40(35-17-6-2-7-18-35)33-41(32-39)52-55-51(38-19-8-3-9-20-38)56-53(57-52)43-24-14-28-47-50(43)42-23-10-11-25-44(42)54(47)45-26-12-21-36-29-30-37-22-13-27-46(54)49(37)48(36)45/h1-33,52H,(H,55,56,57). The van der Waals surface area contributed by atoms with Crippen molar-refractivity contribution in [1.82, 2.24) is 5.32 Å². The van der Waals surface area contributed by atoms with Crippen LogP contribution in [0.3, 0.4) is 0 Å². The number of fused-ring (bicyclic) bond motifs is 7. The molecule has 1 aliphatic heterocycles. The number of nitrogens with one attached hydrogen (secondary N) is 1. The molecule has 0 aromatic heterocycles. The summed E-state index contributed by atoms with van der Waals surface area (Å²) in [4.78, 5) is 10.9. The Labute approximate surface area is 331 Å². The molecule has 12 rings (SSSR count). The van der Waals surface area contributed by atoms with Crippen LogP contribution in [0.5, 0.6) is 0 Å². The first-order valence-electron chi connectivity index (χ1n) is 19.7. The van der Waals surface area contributed by atoms with Crippen LogP contribution in [-0.4, -0.2) is 11.7 Å². The zero-order valence-electron chi connectivity index (χ0n) is 31.0. The summed E-state index contributed by atoms with van der Waals surface area (Å²) >= 11 is 0. The van der Waals surface area contributed by atoms with Gasteiger partial charge in [-0.25, -0.2) is 9.98 Å². The molecule has 1 unspecified atom stereocenters. The molecule has 3 aliphatic rings. The number of rotatable bonds is 5. The fourth-order valence-corrected chi connectivity index (χ4v) is 9.91. The Bertz CT molecular complexity index is 3020. The highest BCUT2D eigenvalue weighted by molar-refractivity contribution is 6.21. The predicted molar refractivity (Wildman–Crippen MR) is 235 cm³/mol. The van der Waals surface area contributed by atoms with Crippen LogP contribution in [0.1, 0.15) is 45.1 Å². The molecule has 0 saturated heterocycles. The summed E-state index contributed by atoms with van der Waals surface area (Å²) < 4.78 is 0. The quantitative estimate of drug-likeness (QED) is 0.176. The van der Waals surface area contributed by atoms with Crippen molar-refractivity contribution in [3.8, 4) is 33.4 Å². The minimum atomic E-state index is -0.484. The highest BCUT2D eigenvalue weighted by Gasteiger charge is 2.51. The lowest BCUT2D eigenvalue weighted by atomic mass is 9.70. The molecular weight excluding hydrogens is 691 g/mol. The van der Waals surface area contributed by atoms with E-state index in [9.17, 15) is 0 Å². The lowest BCUT2D eigenvalue weighted by Gasteiger charge is -2.31. The average molecular weight is 726 g/mol. The molecule has 0 saturated carbocycles. The van der Waals surface area contributed by atoms with Gasteiger partial charge < -0.3 is 5.32 Å². The maximum absolute atomic E-state index is 5.57. The number of hydrogen-bond acceptors (Lipinski definition) is 3.